The Hall–Kier alpha value is -3.92. The van der Waals surface area contributed by atoms with Crippen molar-refractivity contribution < 1.29 is 22.4 Å². The summed E-state index contributed by atoms with van der Waals surface area (Å²) in [6, 6.07) is 26.1. The van der Waals surface area contributed by atoms with Crippen molar-refractivity contribution in [1.29, 1.82) is 0 Å². The summed E-state index contributed by atoms with van der Waals surface area (Å²) in [5, 5.41) is 3.44. The van der Waals surface area contributed by atoms with E-state index in [-0.39, 0.29) is 51.1 Å². The number of carbonyl (C=O) groups excluding carboxylic acids is 2. The molecular formula is C36H36Cl2FN3O4S. The number of sulfonamides is 1. The zero-order chi connectivity index (χ0) is 33.4. The van der Waals surface area contributed by atoms with Crippen molar-refractivity contribution in [1.82, 2.24) is 10.2 Å². The lowest BCUT2D eigenvalue weighted by molar-refractivity contribution is -0.140. The Morgan fingerprint density at radius 2 is 1.49 bits per heavy atom. The van der Waals surface area contributed by atoms with Gasteiger partial charge in [-0.1, -0.05) is 109 Å². The van der Waals surface area contributed by atoms with E-state index < -0.39 is 34.3 Å². The maximum absolute atomic E-state index is 15.1. The number of anilines is 1. The van der Waals surface area contributed by atoms with E-state index in [0.717, 1.165) is 42.0 Å². The standard InChI is InChI=1S/C36H36Cl2FN3O4S/c37-28-20-21-33(31(38)23-28)42(47(45,46)30-17-8-3-9-18-30)25-35(43)41(24-27-14-10-11-19-32(27)39)34(22-26-12-4-1-5-13-26)36(44)40-29-15-6-2-7-16-29/h1,3-5,8-14,17-21,23,29,34H,2,6-7,15-16,22,24-25H2,(H,40,44). The molecular weight excluding hydrogens is 660 g/mol. The molecule has 1 N–H and O–H groups in total. The van der Waals surface area contributed by atoms with E-state index in [0.29, 0.717) is 0 Å². The fourth-order valence-electron chi connectivity index (χ4n) is 5.82. The lowest BCUT2D eigenvalue weighted by Gasteiger charge is -2.35. The summed E-state index contributed by atoms with van der Waals surface area (Å²) in [6.45, 7) is -0.982. The first-order valence-corrected chi connectivity index (χ1v) is 17.7. The van der Waals surface area contributed by atoms with E-state index in [1.807, 2.05) is 30.3 Å². The first-order valence-electron chi connectivity index (χ1n) is 15.5. The molecule has 0 radical (unpaired) electrons. The second-order valence-corrected chi connectivity index (χ2v) is 14.3. The van der Waals surface area contributed by atoms with E-state index in [4.69, 9.17) is 23.2 Å². The molecule has 2 amide bonds. The highest BCUT2D eigenvalue weighted by Crippen LogP contribution is 2.33. The van der Waals surface area contributed by atoms with Crippen LogP contribution in [0.4, 0.5) is 10.1 Å². The molecule has 1 saturated carbocycles. The van der Waals surface area contributed by atoms with Gasteiger partial charge in [-0.05, 0) is 54.8 Å². The maximum atomic E-state index is 15.1. The van der Waals surface area contributed by atoms with Gasteiger partial charge in [0, 0.05) is 29.6 Å². The molecule has 1 atom stereocenters. The number of benzene rings is 4. The second-order valence-electron chi connectivity index (χ2n) is 11.6. The summed E-state index contributed by atoms with van der Waals surface area (Å²) < 4.78 is 44.3. The largest absolute Gasteiger partial charge is 0.352 e. The molecule has 1 fully saturated rings. The molecule has 0 aliphatic heterocycles. The van der Waals surface area contributed by atoms with E-state index in [2.05, 4.69) is 5.32 Å². The van der Waals surface area contributed by atoms with Gasteiger partial charge < -0.3 is 10.2 Å². The Morgan fingerprint density at radius 3 is 2.15 bits per heavy atom. The Kier molecular flexibility index (Phi) is 11.6. The van der Waals surface area contributed by atoms with Crippen LogP contribution < -0.4 is 9.62 Å². The van der Waals surface area contributed by atoms with E-state index in [9.17, 15) is 18.0 Å². The van der Waals surface area contributed by atoms with Gasteiger partial charge in [0.05, 0.1) is 15.6 Å². The molecule has 1 aliphatic rings. The molecule has 0 heterocycles. The lowest BCUT2D eigenvalue weighted by Crippen LogP contribution is -2.55. The van der Waals surface area contributed by atoms with Crippen LogP contribution in [0.15, 0.2) is 108 Å². The third-order valence-electron chi connectivity index (χ3n) is 8.31. The summed E-state index contributed by atoms with van der Waals surface area (Å²) in [6.07, 6.45) is 4.84. The van der Waals surface area contributed by atoms with Crippen molar-refractivity contribution in [2.75, 3.05) is 10.8 Å². The molecule has 1 unspecified atom stereocenters. The first kappa shape index (κ1) is 34.4. The molecule has 7 nitrogen and oxygen atoms in total. The molecule has 1 aliphatic carbocycles. The Labute approximate surface area is 285 Å². The van der Waals surface area contributed by atoms with Crippen molar-refractivity contribution in [3.05, 3.63) is 130 Å². The molecule has 5 rings (SSSR count). The topological polar surface area (TPSA) is 86.8 Å². The van der Waals surface area contributed by atoms with Crippen molar-refractivity contribution in [2.24, 2.45) is 0 Å². The number of hydrogen-bond acceptors (Lipinski definition) is 4. The number of amides is 2. The minimum absolute atomic E-state index is 0.0151. The van der Waals surface area contributed by atoms with Crippen LogP contribution in [0.2, 0.25) is 10.0 Å². The predicted molar refractivity (Wildman–Crippen MR) is 183 cm³/mol. The van der Waals surface area contributed by atoms with Gasteiger partial charge in [0.1, 0.15) is 18.4 Å². The number of rotatable bonds is 12. The molecule has 0 bridgehead atoms. The van der Waals surface area contributed by atoms with E-state index in [1.165, 1.54) is 41.3 Å². The highest BCUT2D eigenvalue weighted by molar-refractivity contribution is 7.92. The number of nitrogens with zero attached hydrogens (tertiary/aromatic N) is 2. The minimum Gasteiger partial charge on any atom is -0.352 e. The fraction of sp³-hybridized carbons (Fsp3) is 0.278. The molecule has 11 heteroatoms. The zero-order valence-corrected chi connectivity index (χ0v) is 28.0. The van der Waals surface area contributed by atoms with Gasteiger partial charge in [-0.2, -0.15) is 0 Å². The molecule has 0 aromatic heterocycles. The average Bonchev–Trinajstić information content (AvgIpc) is 3.07. The third kappa shape index (κ3) is 8.71. The average molecular weight is 697 g/mol. The zero-order valence-electron chi connectivity index (χ0n) is 25.7. The Bertz CT molecular complexity index is 1790. The minimum atomic E-state index is -4.34. The monoisotopic (exact) mass is 695 g/mol. The Balaban J connectivity index is 1.58. The van der Waals surface area contributed by atoms with Crippen molar-refractivity contribution in [3.63, 3.8) is 0 Å². The second kappa shape index (κ2) is 15.8. The van der Waals surface area contributed by atoms with Crippen molar-refractivity contribution in [2.45, 2.75) is 62.0 Å². The molecule has 246 valence electrons. The molecule has 47 heavy (non-hydrogen) atoms. The van der Waals surface area contributed by atoms with Crippen LogP contribution in [0, 0.1) is 5.82 Å². The lowest BCUT2D eigenvalue weighted by atomic mass is 9.94. The van der Waals surface area contributed by atoms with Gasteiger partial charge in [0.2, 0.25) is 11.8 Å². The number of halogens is 3. The van der Waals surface area contributed by atoms with Gasteiger partial charge in [-0.3, -0.25) is 13.9 Å². The van der Waals surface area contributed by atoms with Crippen LogP contribution in [0.1, 0.15) is 43.2 Å². The van der Waals surface area contributed by atoms with E-state index in [1.54, 1.807) is 36.4 Å². The summed E-state index contributed by atoms with van der Waals surface area (Å²) in [5.74, 6) is -1.64. The predicted octanol–water partition coefficient (Wildman–Crippen LogP) is 7.42. The summed E-state index contributed by atoms with van der Waals surface area (Å²) >= 11 is 12.7. The third-order valence-corrected chi connectivity index (χ3v) is 10.6. The van der Waals surface area contributed by atoms with Gasteiger partial charge in [-0.15, -0.1) is 0 Å². The van der Waals surface area contributed by atoms with Gasteiger partial charge >= 0.3 is 0 Å². The smallest absolute Gasteiger partial charge is 0.264 e. The molecule has 0 saturated heterocycles. The van der Waals surface area contributed by atoms with Crippen LogP contribution in [0.3, 0.4) is 0 Å². The van der Waals surface area contributed by atoms with Crippen molar-refractivity contribution >= 4 is 50.7 Å². The highest BCUT2D eigenvalue weighted by atomic mass is 35.5. The maximum Gasteiger partial charge on any atom is 0.264 e. The van der Waals surface area contributed by atoms with E-state index >= 15 is 4.39 Å². The summed E-state index contributed by atoms with van der Waals surface area (Å²) in [7, 11) is -4.34. The van der Waals surface area contributed by atoms with Gasteiger partial charge in [-0.25, -0.2) is 12.8 Å². The summed E-state index contributed by atoms with van der Waals surface area (Å²) in [5.41, 5.74) is 1.01. The van der Waals surface area contributed by atoms with Gasteiger partial charge in [0.25, 0.3) is 10.0 Å². The van der Waals surface area contributed by atoms with Crippen molar-refractivity contribution in [3.8, 4) is 0 Å². The van der Waals surface area contributed by atoms with Crippen LogP contribution >= 0.6 is 23.2 Å². The molecule has 0 spiro atoms. The Morgan fingerprint density at radius 1 is 0.851 bits per heavy atom. The van der Waals surface area contributed by atoms with Crippen LogP contribution in [0.5, 0.6) is 0 Å². The van der Waals surface area contributed by atoms with Crippen LogP contribution in [-0.4, -0.2) is 43.8 Å². The number of carbonyl (C=O) groups is 2. The number of hydrogen-bond donors (Lipinski definition) is 1. The first-order chi connectivity index (χ1) is 22.6. The fourth-order valence-corrected chi connectivity index (χ4v) is 7.84. The van der Waals surface area contributed by atoms with Crippen LogP contribution in [-0.2, 0) is 32.6 Å². The van der Waals surface area contributed by atoms with Gasteiger partial charge in [0.15, 0.2) is 0 Å². The molecule has 4 aromatic carbocycles. The molecule has 4 aromatic rings. The SMILES string of the molecule is O=C(NC1CCCCC1)C(Cc1ccccc1)N(Cc1ccccc1F)C(=O)CN(c1ccc(Cl)cc1Cl)S(=O)(=O)c1ccccc1. The highest BCUT2D eigenvalue weighted by Gasteiger charge is 2.36. The van der Waals surface area contributed by atoms with Crippen LogP contribution in [0.25, 0.3) is 0 Å². The summed E-state index contributed by atoms with van der Waals surface area (Å²) in [4.78, 5) is 29.9. The quantitative estimate of drug-likeness (QED) is 0.167. The number of nitrogens with one attached hydrogen (secondary N) is 1. The normalized spacial score (nSPS) is 14.3.